The topological polar surface area (TPSA) is 46.3 Å². The molecule has 5 heteroatoms. The van der Waals surface area contributed by atoms with E-state index in [4.69, 9.17) is 4.52 Å². The molecule has 0 spiro atoms. The van der Waals surface area contributed by atoms with E-state index in [-0.39, 0.29) is 18.0 Å². The second kappa shape index (κ2) is 5.00. The third-order valence-corrected chi connectivity index (χ3v) is 2.53. The van der Waals surface area contributed by atoms with Crippen LogP contribution in [0.15, 0.2) is 34.9 Å². The Morgan fingerprint density at radius 2 is 2.17 bits per heavy atom. The second-order valence-electron chi connectivity index (χ2n) is 4.07. The van der Waals surface area contributed by atoms with E-state index >= 15 is 0 Å². The Bertz CT molecular complexity index is 566. The molecule has 0 saturated heterocycles. The lowest BCUT2D eigenvalue weighted by Crippen LogP contribution is -2.27. The first-order valence-corrected chi connectivity index (χ1v) is 5.50. The number of hydrogen-bond acceptors (Lipinski definition) is 3. The predicted molar refractivity (Wildman–Crippen MR) is 63.4 cm³/mol. The molecule has 4 nitrogen and oxygen atoms in total. The molecule has 94 valence electrons. The number of rotatable bonds is 3. The fourth-order valence-electron chi connectivity index (χ4n) is 1.65. The van der Waals surface area contributed by atoms with Crippen LogP contribution in [-0.2, 0) is 6.54 Å². The maximum absolute atomic E-state index is 13.5. The molecule has 1 aromatic carbocycles. The van der Waals surface area contributed by atoms with Crippen LogP contribution in [0, 0.1) is 12.7 Å². The summed E-state index contributed by atoms with van der Waals surface area (Å²) in [6.07, 6.45) is 0. The van der Waals surface area contributed by atoms with Gasteiger partial charge in [-0.25, -0.2) is 4.39 Å². The predicted octanol–water partition coefficient (Wildman–Crippen LogP) is 2.39. The van der Waals surface area contributed by atoms with Gasteiger partial charge in [-0.3, -0.25) is 4.79 Å². The Morgan fingerprint density at radius 3 is 2.78 bits per heavy atom. The molecule has 1 heterocycles. The Balaban J connectivity index is 2.12. The zero-order valence-electron chi connectivity index (χ0n) is 10.2. The molecule has 0 radical (unpaired) electrons. The van der Waals surface area contributed by atoms with E-state index in [1.807, 2.05) is 0 Å². The molecule has 0 fully saturated rings. The third-order valence-electron chi connectivity index (χ3n) is 2.53. The van der Waals surface area contributed by atoms with E-state index < -0.39 is 5.82 Å². The van der Waals surface area contributed by atoms with Crippen molar-refractivity contribution < 1.29 is 13.7 Å². The number of carbonyl (C=O) groups excluding carboxylic acids is 1. The molecule has 0 aliphatic rings. The van der Waals surface area contributed by atoms with Gasteiger partial charge in [-0.2, -0.15) is 0 Å². The minimum Gasteiger partial charge on any atom is -0.361 e. The molecule has 18 heavy (non-hydrogen) atoms. The third kappa shape index (κ3) is 2.56. The first-order chi connectivity index (χ1) is 8.58. The van der Waals surface area contributed by atoms with Crippen molar-refractivity contribution in [3.8, 4) is 0 Å². The highest BCUT2D eigenvalue weighted by Crippen LogP contribution is 2.11. The van der Waals surface area contributed by atoms with Crippen molar-refractivity contribution in [3.63, 3.8) is 0 Å². The zero-order chi connectivity index (χ0) is 13.1. The first-order valence-electron chi connectivity index (χ1n) is 5.50. The van der Waals surface area contributed by atoms with Gasteiger partial charge in [-0.05, 0) is 19.1 Å². The van der Waals surface area contributed by atoms with E-state index in [0.717, 1.165) is 0 Å². The summed E-state index contributed by atoms with van der Waals surface area (Å²) < 4.78 is 18.4. The standard InChI is InChI=1S/C13H13FN2O2/c1-9-7-10(15-18-9)8-16(2)13(17)11-5-3-4-6-12(11)14/h3-7H,8H2,1-2H3. The van der Waals surface area contributed by atoms with Crippen molar-refractivity contribution in [1.29, 1.82) is 0 Å². The normalized spacial score (nSPS) is 10.4. The van der Waals surface area contributed by atoms with E-state index in [1.54, 1.807) is 32.2 Å². The van der Waals surface area contributed by atoms with Crippen LogP contribution in [-0.4, -0.2) is 23.0 Å². The summed E-state index contributed by atoms with van der Waals surface area (Å²) in [7, 11) is 1.60. The Labute approximate surface area is 104 Å². The number of amides is 1. The minimum atomic E-state index is -0.523. The highest BCUT2D eigenvalue weighted by molar-refractivity contribution is 5.94. The monoisotopic (exact) mass is 248 g/mol. The van der Waals surface area contributed by atoms with E-state index in [0.29, 0.717) is 11.5 Å². The molecular formula is C13H13FN2O2. The smallest absolute Gasteiger partial charge is 0.256 e. The fourth-order valence-corrected chi connectivity index (χ4v) is 1.65. The lowest BCUT2D eigenvalue weighted by atomic mass is 10.2. The Hall–Kier alpha value is -2.17. The molecule has 1 amide bonds. The fraction of sp³-hybridized carbons (Fsp3) is 0.231. The maximum atomic E-state index is 13.5. The van der Waals surface area contributed by atoms with E-state index in [9.17, 15) is 9.18 Å². The molecule has 0 aliphatic heterocycles. The summed E-state index contributed by atoms with van der Waals surface area (Å²) in [5.41, 5.74) is 0.694. The van der Waals surface area contributed by atoms with Gasteiger partial charge in [-0.1, -0.05) is 17.3 Å². The maximum Gasteiger partial charge on any atom is 0.256 e. The largest absolute Gasteiger partial charge is 0.361 e. The minimum absolute atomic E-state index is 0.0558. The molecule has 2 aromatic rings. The van der Waals surface area contributed by atoms with Crippen LogP contribution in [0.1, 0.15) is 21.8 Å². The molecule has 2 rings (SSSR count). The quantitative estimate of drug-likeness (QED) is 0.837. The lowest BCUT2D eigenvalue weighted by molar-refractivity contribution is 0.0777. The summed E-state index contributed by atoms with van der Waals surface area (Å²) in [6.45, 7) is 2.06. The van der Waals surface area contributed by atoms with Crippen molar-refractivity contribution in [2.75, 3.05) is 7.05 Å². The van der Waals surface area contributed by atoms with Crippen LogP contribution in [0.5, 0.6) is 0 Å². The number of hydrogen-bond donors (Lipinski definition) is 0. The molecule has 0 bridgehead atoms. The van der Waals surface area contributed by atoms with E-state index in [1.165, 1.54) is 17.0 Å². The summed E-state index contributed by atoms with van der Waals surface area (Å²) in [4.78, 5) is 13.4. The van der Waals surface area contributed by atoms with Crippen molar-refractivity contribution in [1.82, 2.24) is 10.1 Å². The number of nitrogens with zero attached hydrogens (tertiary/aromatic N) is 2. The van der Waals surface area contributed by atoms with Crippen LogP contribution < -0.4 is 0 Å². The highest BCUT2D eigenvalue weighted by Gasteiger charge is 2.16. The van der Waals surface area contributed by atoms with Gasteiger partial charge >= 0.3 is 0 Å². The number of halogens is 1. The number of aromatic nitrogens is 1. The van der Waals surface area contributed by atoms with Gasteiger partial charge < -0.3 is 9.42 Å². The Kier molecular flexibility index (Phi) is 3.41. The van der Waals surface area contributed by atoms with Gasteiger partial charge in [0.25, 0.3) is 5.91 Å². The first kappa shape index (κ1) is 12.3. The van der Waals surface area contributed by atoms with Crippen molar-refractivity contribution >= 4 is 5.91 Å². The highest BCUT2D eigenvalue weighted by atomic mass is 19.1. The van der Waals surface area contributed by atoms with Crippen LogP contribution in [0.25, 0.3) is 0 Å². The number of benzene rings is 1. The molecule has 0 atom stereocenters. The van der Waals surface area contributed by atoms with Crippen LogP contribution >= 0.6 is 0 Å². The Morgan fingerprint density at radius 1 is 1.44 bits per heavy atom. The molecule has 0 unspecified atom stereocenters. The number of carbonyl (C=O) groups is 1. The molecule has 1 aromatic heterocycles. The second-order valence-corrected chi connectivity index (χ2v) is 4.07. The molecular weight excluding hydrogens is 235 g/mol. The van der Waals surface area contributed by atoms with Gasteiger partial charge in [0.1, 0.15) is 17.3 Å². The van der Waals surface area contributed by atoms with Crippen molar-refractivity contribution in [2.45, 2.75) is 13.5 Å². The average molecular weight is 248 g/mol. The summed E-state index contributed by atoms with van der Waals surface area (Å²) in [5, 5.41) is 3.79. The van der Waals surface area contributed by atoms with E-state index in [2.05, 4.69) is 5.16 Å². The van der Waals surface area contributed by atoms with Gasteiger partial charge in [0.15, 0.2) is 0 Å². The molecule has 0 saturated carbocycles. The molecule has 0 N–H and O–H groups in total. The van der Waals surface area contributed by atoms with Gasteiger partial charge in [-0.15, -0.1) is 0 Å². The summed E-state index contributed by atoms with van der Waals surface area (Å²) >= 11 is 0. The summed E-state index contributed by atoms with van der Waals surface area (Å²) in [5.74, 6) is -0.226. The van der Waals surface area contributed by atoms with Crippen LogP contribution in [0.4, 0.5) is 4.39 Å². The lowest BCUT2D eigenvalue weighted by Gasteiger charge is -2.15. The van der Waals surface area contributed by atoms with Gasteiger partial charge in [0.2, 0.25) is 0 Å². The average Bonchev–Trinajstić information content (AvgIpc) is 2.74. The van der Waals surface area contributed by atoms with Crippen LogP contribution in [0.3, 0.4) is 0 Å². The summed E-state index contributed by atoms with van der Waals surface area (Å²) in [6, 6.07) is 7.65. The molecule has 0 aliphatic carbocycles. The van der Waals surface area contributed by atoms with Gasteiger partial charge in [0, 0.05) is 13.1 Å². The van der Waals surface area contributed by atoms with Gasteiger partial charge in [0.05, 0.1) is 12.1 Å². The van der Waals surface area contributed by atoms with Crippen LogP contribution in [0.2, 0.25) is 0 Å². The number of aryl methyl sites for hydroxylation is 1. The van der Waals surface area contributed by atoms with Crippen molar-refractivity contribution in [2.24, 2.45) is 0 Å². The van der Waals surface area contributed by atoms with Crippen molar-refractivity contribution in [3.05, 3.63) is 53.2 Å². The SMILES string of the molecule is Cc1cc(CN(C)C(=O)c2ccccc2F)no1. The zero-order valence-corrected chi connectivity index (χ0v) is 10.2.